The minimum Gasteiger partial charge on any atom is -0.380 e. The van der Waals surface area contributed by atoms with Gasteiger partial charge in [0.05, 0.1) is 6.10 Å². The molecule has 2 saturated heterocycles. The summed E-state index contributed by atoms with van der Waals surface area (Å²) in [4.78, 5) is 30.9. The Morgan fingerprint density at radius 1 is 0.923 bits per heavy atom. The van der Waals surface area contributed by atoms with Crippen LogP contribution in [0.4, 0.5) is 5.69 Å². The molecule has 0 N–H and O–H groups in total. The van der Waals surface area contributed by atoms with Crippen LogP contribution in [0.1, 0.15) is 29.6 Å². The first-order valence-electron chi connectivity index (χ1n) is 9.61. The van der Waals surface area contributed by atoms with Gasteiger partial charge in [-0.1, -0.05) is 0 Å². The molecule has 1 saturated carbocycles. The summed E-state index contributed by atoms with van der Waals surface area (Å²) in [6.45, 7) is 4.46. The van der Waals surface area contributed by atoms with Crippen molar-refractivity contribution in [2.24, 2.45) is 5.92 Å². The predicted octanol–water partition coefficient (Wildman–Crippen LogP) is 1.61. The Hall–Kier alpha value is -2.08. The highest BCUT2D eigenvalue weighted by Gasteiger charge is 2.35. The van der Waals surface area contributed by atoms with Gasteiger partial charge in [0.2, 0.25) is 5.91 Å². The van der Waals surface area contributed by atoms with Gasteiger partial charge in [-0.25, -0.2) is 0 Å². The summed E-state index contributed by atoms with van der Waals surface area (Å²) in [7, 11) is 1.76. The lowest BCUT2D eigenvalue weighted by atomic mass is 10.1. The fraction of sp³-hybridized carbons (Fsp3) is 0.600. The van der Waals surface area contributed by atoms with Gasteiger partial charge < -0.3 is 19.4 Å². The van der Waals surface area contributed by atoms with E-state index in [9.17, 15) is 9.59 Å². The van der Waals surface area contributed by atoms with Crippen LogP contribution in [0.3, 0.4) is 0 Å². The number of benzene rings is 1. The molecule has 1 aromatic rings. The summed E-state index contributed by atoms with van der Waals surface area (Å²) in [6.07, 6.45) is 3.41. The van der Waals surface area contributed by atoms with Crippen molar-refractivity contribution in [2.45, 2.75) is 25.4 Å². The summed E-state index contributed by atoms with van der Waals surface area (Å²) in [5, 5.41) is 0. The van der Waals surface area contributed by atoms with Gasteiger partial charge in [0.1, 0.15) is 0 Å². The molecule has 1 atom stereocenters. The van der Waals surface area contributed by atoms with E-state index in [1.807, 2.05) is 34.1 Å². The number of piperazine rings is 1. The molecule has 0 spiro atoms. The predicted molar refractivity (Wildman–Crippen MR) is 99.3 cm³/mol. The maximum atomic E-state index is 12.7. The fourth-order valence-electron chi connectivity index (χ4n) is 3.87. The van der Waals surface area contributed by atoms with E-state index in [0.29, 0.717) is 32.3 Å². The number of methoxy groups -OCH3 is 1. The molecule has 2 heterocycles. The van der Waals surface area contributed by atoms with Gasteiger partial charge in [-0.3, -0.25) is 9.59 Å². The van der Waals surface area contributed by atoms with Gasteiger partial charge in [-0.05, 0) is 43.5 Å². The fourth-order valence-corrected chi connectivity index (χ4v) is 3.87. The van der Waals surface area contributed by atoms with Crippen molar-refractivity contribution in [1.29, 1.82) is 0 Å². The van der Waals surface area contributed by atoms with Crippen LogP contribution in [-0.4, -0.2) is 74.1 Å². The monoisotopic (exact) mass is 357 g/mol. The molecule has 4 rings (SSSR count). The molecule has 0 radical (unpaired) electrons. The van der Waals surface area contributed by atoms with Crippen molar-refractivity contribution in [2.75, 3.05) is 51.3 Å². The van der Waals surface area contributed by atoms with E-state index in [2.05, 4.69) is 4.90 Å². The largest absolute Gasteiger partial charge is 0.380 e. The zero-order valence-electron chi connectivity index (χ0n) is 15.4. The molecule has 2 amide bonds. The number of carbonyl (C=O) groups is 2. The summed E-state index contributed by atoms with van der Waals surface area (Å²) in [5.41, 5.74) is 1.86. The minimum atomic E-state index is 0.0614. The van der Waals surface area contributed by atoms with E-state index < -0.39 is 0 Å². The standard InChI is InChI=1S/C20H27N3O3/c1-26-18-8-9-23(14-18)17-6-4-16(5-7-17)20(25)22-12-10-21(11-13-22)19(24)15-2-3-15/h4-7,15,18H,2-3,8-14H2,1H3/t18-/m0/s1. The van der Waals surface area contributed by atoms with E-state index in [1.165, 1.54) is 0 Å². The molecule has 140 valence electrons. The topological polar surface area (TPSA) is 53.1 Å². The highest BCUT2D eigenvalue weighted by atomic mass is 16.5. The van der Waals surface area contributed by atoms with Gasteiger partial charge in [0, 0.05) is 63.5 Å². The van der Waals surface area contributed by atoms with E-state index in [1.54, 1.807) is 7.11 Å². The van der Waals surface area contributed by atoms with Crippen LogP contribution in [0.2, 0.25) is 0 Å². The molecule has 2 aliphatic heterocycles. The molecule has 0 aromatic heterocycles. The van der Waals surface area contributed by atoms with Gasteiger partial charge in [-0.2, -0.15) is 0 Å². The summed E-state index contributed by atoms with van der Waals surface area (Å²) in [6, 6.07) is 7.88. The van der Waals surface area contributed by atoms with E-state index in [0.717, 1.165) is 43.6 Å². The number of hydrogen-bond acceptors (Lipinski definition) is 4. The van der Waals surface area contributed by atoms with Crippen LogP contribution >= 0.6 is 0 Å². The number of anilines is 1. The zero-order valence-corrected chi connectivity index (χ0v) is 15.4. The van der Waals surface area contributed by atoms with Crippen LogP contribution in [-0.2, 0) is 9.53 Å². The van der Waals surface area contributed by atoms with E-state index in [4.69, 9.17) is 4.74 Å². The Morgan fingerprint density at radius 2 is 1.58 bits per heavy atom. The van der Waals surface area contributed by atoms with Crippen molar-refractivity contribution in [3.05, 3.63) is 29.8 Å². The Kier molecular flexibility index (Phi) is 4.85. The number of amides is 2. The lowest BCUT2D eigenvalue weighted by molar-refractivity contribution is -0.134. The first kappa shape index (κ1) is 17.3. The SMILES string of the molecule is CO[C@H]1CCN(c2ccc(C(=O)N3CCN(C(=O)C4CC4)CC3)cc2)C1. The molecule has 6 heteroatoms. The molecule has 1 aromatic carbocycles. The van der Waals surface area contributed by atoms with E-state index >= 15 is 0 Å². The zero-order chi connectivity index (χ0) is 18.1. The Bertz CT molecular complexity index is 663. The average molecular weight is 357 g/mol. The first-order chi connectivity index (χ1) is 12.7. The highest BCUT2D eigenvalue weighted by molar-refractivity contribution is 5.94. The molecule has 1 aliphatic carbocycles. The second-order valence-electron chi connectivity index (χ2n) is 7.53. The van der Waals surface area contributed by atoms with Crippen molar-refractivity contribution in [3.8, 4) is 0 Å². The van der Waals surface area contributed by atoms with Crippen LogP contribution in [0, 0.1) is 5.92 Å². The Morgan fingerprint density at radius 3 is 2.15 bits per heavy atom. The van der Waals surface area contributed by atoms with Gasteiger partial charge in [-0.15, -0.1) is 0 Å². The highest BCUT2D eigenvalue weighted by Crippen LogP contribution is 2.31. The second kappa shape index (κ2) is 7.27. The van der Waals surface area contributed by atoms with Crippen LogP contribution < -0.4 is 4.90 Å². The van der Waals surface area contributed by atoms with Gasteiger partial charge in [0.15, 0.2) is 0 Å². The van der Waals surface area contributed by atoms with Crippen molar-refractivity contribution >= 4 is 17.5 Å². The maximum Gasteiger partial charge on any atom is 0.253 e. The molecule has 3 fully saturated rings. The summed E-state index contributed by atoms with van der Waals surface area (Å²) < 4.78 is 5.42. The van der Waals surface area contributed by atoms with Crippen molar-refractivity contribution in [3.63, 3.8) is 0 Å². The van der Waals surface area contributed by atoms with Crippen LogP contribution in [0.25, 0.3) is 0 Å². The number of hydrogen-bond donors (Lipinski definition) is 0. The Labute approximate surface area is 154 Å². The molecule has 0 unspecified atom stereocenters. The lowest BCUT2D eigenvalue weighted by Crippen LogP contribution is -2.51. The molecule has 26 heavy (non-hydrogen) atoms. The molecular formula is C20H27N3O3. The normalized spacial score (nSPS) is 23.4. The van der Waals surface area contributed by atoms with Crippen molar-refractivity contribution in [1.82, 2.24) is 9.80 Å². The van der Waals surface area contributed by atoms with Crippen molar-refractivity contribution < 1.29 is 14.3 Å². The third-order valence-corrected chi connectivity index (χ3v) is 5.76. The minimum absolute atomic E-state index is 0.0614. The molecule has 0 bridgehead atoms. The molecule has 3 aliphatic rings. The Balaban J connectivity index is 1.33. The smallest absolute Gasteiger partial charge is 0.253 e. The average Bonchev–Trinajstić information content (AvgIpc) is 3.44. The lowest BCUT2D eigenvalue weighted by Gasteiger charge is -2.35. The number of nitrogens with zero attached hydrogens (tertiary/aromatic N) is 3. The quantitative estimate of drug-likeness (QED) is 0.822. The van der Waals surface area contributed by atoms with Gasteiger partial charge in [0.25, 0.3) is 5.91 Å². The summed E-state index contributed by atoms with van der Waals surface area (Å²) in [5.74, 6) is 0.598. The maximum absolute atomic E-state index is 12.7. The first-order valence-corrected chi connectivity index (χ1v) is 9.61. The molecule has 6 nitrogen and oxygen atoms in total. The van der Waals surface area contributed by atoms with Crippen LogP contribution in [0.15, 0.2) is 24.3 Å². The summed E-state index contributed by atoms with van der Waals surface area (Å²) >= 11 is 0. The third kappa shape index (κ3) is 3.56. The number of ether oxygens (including phenoxy) is 1. The molecular weight excluding hydrogens is 330 g/mol. The second-order valence-corrected chi connectivity index (χ2v) is 7.53. The van der Waals surface area contributed by atoms with E-state index in [-0.39, 0.29) is 17.7 Å². The van der Waals surface area contributed by atoms with Crippen LogP contribution in [0.5, 0.6) is 0 Å². The third-order valence-electron chi connectivity index (χ3n) is 5.76. The number of carbonyl (C=O) groups excluding carboxylic acids is 2. The number of rotatable bonds is 4. The van der Waals surface area contributed by atoms with Gasteiger partial charge >= 0.3 is 0 Å².